The van der Waals surface area contributed by atoms with Crippen LogP contribution >= 0.6 is 0 Å². The molecule has 0 saturated heterocycles. The van der Waals surface area contributed by atoms with Gasteiger partial charge in [-0.05, 0) is 81.0 Å². The van der Waals surface area contributed by atoms with Crippen molar-refractivity contribution in [2.45, 2.75) is 52.1 Å². The maximum atomic E-state index is 9.40. The van der Waals surface area contributed by atoms with Gasteiger partial charge in [0.1, 0.15) is 11.6 Å². The number of rotatable bonds is 7. The average molecular weight is 492 g/mol. The van der Waals surface area contributed by atoms with E-state index in [1.807, 2.05) is 49.6 Å². The Bertz CT molecular complexity index is 1610. The van der Waals surface area contributed by atoms with Crippen molar-refractivity contribution in [3.05, 3.63) is 58.7 Å². The van der Waals surface area contributed by atoms with Gasteiger partial charge < -0.3 is 14.6 Å². The van der Waals surface area contributed by atoms with Crippen LogP contribution < -0.4 is 10.1 Å². The molecule has 0 unspecified atom stereocenters. The zero-order chi connectivity index (χ0) is 25.8. The van der Waals surface area contributed by atoms with Gasteiger partial charge in [-0.3, -0.25) is 5.10 Å². The fourth-order valence-electron chi connectivity index (χ4n) is 5.72. The Hall–Kier alpha value is -4.70. The number of nitrogens with zero attached hydrogens (tertiary/aromatic N) is 7. The number of aromatic nitrogens is 6. The number of anilines is 1. The molecule has 3 saturated carbocycles. The van der Waals surface area contributed by atoms with Crippen molar-refractivity contribution >= 4 is 23.2 Å². The molecule has 0 amide bonds. The van der Waals surface area contributed by atoms with Gasteiger partial charge in [-0.25, -0.2) is 4.98 Å². The predicted octanol–water partition coefficient (Wildman–Crippen LogP) is 4.71. The van der Waals surface area contributed by atoms with Gasteiger partial charge in [0, 0.05) is 17.8 Å². The third-order valence-corrected chi connectivity index (χ3v) is 7.32. The summed E-state index contributed by atoms with van der Waals surface area (Å²) in [6, 6.07) is 10.3. The van der Waals surface area contributed by atoms with Crippen LogP contribution in [0.3, 0.4) is 0 Å². The largest absolute Gasteiger partial charge is 0.436 e. The number of nitrogens with one attached hydrogen (secondary N) is 2. The van der Waals surface area contributed by atoms with Crippen molar-refractivity contribution in [3.8, 4) is 23.8 Å². The van der Waals surface area contributed by atoms with Crippen LogP contribution in [0.5, 0.6) is 11.6 Å². The molecule has 184 valence electrons. The highest BCUT2D eigenvalue weighted by Gasteiger charge is 2.69. The number of fused-ring (bicyclic) bond motifs is 1. The molecule has 3 fully saturated rings. The van der Waals surface area contributed by atoms with Crippen LogP contribution in [-0.4, -0.2) is 35.3 Å². The van der Waals surface area contributed by atoms with Crippen LogP contribution in [0.2, 0.25) is 0 Å². The molecule has 3 aliphatic rings. The number of imidazole rings is 1. The molecular weight excluding hydrogens is 466 g/mol. The number of aryl methyl sites for hydroxylation is 3. The number of H-pyrrole nitrogens is 1. The maximum Gasteiger partial charge on any atom is 0.250 e. The van der Waals surface area contributed by atoms with Gasteiger partial charge in [0.2, 0.25) is 5.95 Å². The molecule has 3 heterocycles. The summed E-state index contributed by atoms with van der Waals surface area (Å²) in [5.74, 6) is 2.32. The van der Waals surface area contributed by atoms with Gasteiger partial charge in [-0.1, -0.05) is 0 Å². The van der Waals surface area contributed by atoms with Gasteiger partial charge >= 0.3 is 0 Å². The highest BCUT2D eigenvalue weighted by Crippen LogP contribution is 2.67. The summed E-state index contributed by atoms with van der Waals surface area (Å²) >= 11 is 0. The first-order chi connectivity index (χ1) is 17.8. The lowest BCUT2D eigenvalue weighted by Crippen LogP contribution is -2.70. The van der Waals surface area contributed by atoms with Gasteiger partial charge in [0.25, 0.3) is 5.88 Å². The third-order valence-electron chi connectivity index (χ3n) is 7.32. The minimum Gasteiger partial charge on any atom is -0.436 e. The summed E-state index contributed by atoms with van der Waals surface area (Å²) in [6.45, 7) is 6.39. The lowest BCUT2D eigenvalue weighted by atomic mass is 9.40. The minimum absolute atomic E-state index is 0.130. The molecule has 4 aromatic rings. The highest BCUT2D eigenvalue weighted by molar-refractivity contribution is 5.79. The summed E-state index contributed by atoms with van der Waals surface area (Å²) in [5, 5.41) is 28.8. The Balaban J connectivity index is 1.43. The zero-order valence-electron chi connectivity index (χ0n) is 20.8. The smallest absolute Gasteiger partial charge is 0.250 e. The second-order valence-electron chi connectivity index (χ2n) is 10.2. The van der Waals surface area contributed by atoms with Crippen molar-refractivity contribution in [2.75, 3.05) is 5.32 Å². The molecular formula is C27H25N9O. The minimum atomic E-state index is -0.186. The van der Waals surface area contributed by atoms with E-state index >= 15 is 0 Å². The number of aromatic amines is 1. The summed E-state index contributed by atoms with van der Waals surface area (Å²) < 4.78 is 8.54. The molecule has 10 heteroatoms. The molecule has 10 nitrogen and oxygen atoms in total. The molecule has 3 aliphatic carbocycles. The lowest BCUT2D eigenvalue weighted by molar-refractivity contribution is -0.0665. The topological polar surface area (TPSA) is 141 Å². The normalized spacial score (nSPS) is 21.8. The van der Waals surface area contributed by atoms with Gasteiger partial charge in [-0.15, -0.1) is 0 Å². The van der Waals surface area contributed by atoms with E-state index in [9.17, 15) is 5.26 Å². The molecule has 2 bridgehead atoms. The van der Waals surface area contributed by atoms with Crippen LogP contribution in [0, 0.1) is 48.8 Å². The number of hydrogen-bond acceptors (Lipinski definition) is 8. The van der Waals surface area contributed by atoms with E-state index in [0.29, 0.717) is 35.3 Å². The van der Waals surface area contributed by atoms with Crippen molar-refractivity contribution in [1.29, 1.82) is 10.5 Å². The van der Waals surface area contributed by atoms with Gasteiger partial charge in [0.15, 0.2) is 11.2 Å². The summed E-state index contributed by atoms with van der Waals surface area (Å²) in [4.78, 5) is 14.3. The monoisotopic (exact) mass is 491 g/mol. The van der Waals surface area contributed by atoms with Crippen LogP contribution in [0.4, 0.5) is 5.95 Å². The molecule has 0 atom stereocenters. The second kappa shape index (κ2) is 8.17. The van der Waals surface area contributed by atoms with E-state index in [1.165, 1.54) is 6.08 Å². The third kappa shape index (κ3) is 3.78. The fourth-order valence-corrected chi connectivity index (χ4v) is 5.72. The number of nitriles is 2. The van der Waals surface area contributed by atoms with Gasteiger partial charge in [0.05, 0.1) is 29.8 Å². The van der Waals surface area contributed by atoms with Crippen LogP contribution in [0.15, 0.2) is 30.5 Å². The first kappa shape index (κ1) is 22.7. The Morgan fingerprint density at radius 1 is 1.14 bits per heavy atom. The molecule has 1 aromatic carbocycles. The molecule has 2 N–H and O–H groups in total. The lowest BCUT2D eigenvalue weighted by Gasteiger charge is -2.66. The fraction of sp³-hybridized carbons (Fsp3) is 0.333. The molecule has 0 aliphatic heterocycles. The molecule has 0 radical (unpaired) electrons. The summed E-state index contributed by atoms with van der Waals surface area (Å²) in [5.41, 5.74) is 4.60. The van der Waals surface area contributed by atoms with Crippen molar-refractivity contribution < 1.29 is 4.74 Å². The van der Waals surface area contributed by atoms with Crippen LogP contribution in [-0.2, 0) is 6.54 Å². The molecule has 3 aromatic heterocycles. The van der Waals surface area contributed by atoms with Gasteiger partial charge in [-0.2, -0.15) is 25.6 Å². The van der Waals surface area contributed by atoms with E-state index in [-0.39, 0.29) is 11.0 Å². The van der Waals surface area contributed by atoms with Crippen LogP contribution in [0.1, 0.15) is 47.5 Å². The van der Waals surface area contributed by atoms with E-state index in [0.717, 1.165) is 47.5 Å². The van der Waals surface area contributed by atoms with Crippen LogP contribution in [0.25, 0.3) is 17.2 Å². The molecule has 37 heavy (non-hydrogen) atoms. The first-order valence-electron chi connectivity index (χ1n) is 12.1. The number of allylic oxidation sites excluding steroid dienone is 1. The second-order valence-corrected chi connectivity index (χ2v) is 10.2. The maximum absolute atomic E-state index is 9.40. The number of benzene rings is 1. The first-order valence-corrected chi connectivity index (χ1v) is 12.1. The molecule has 0 spiro atoms. The zero-order valence-corrected chi connectivity index (χ0v) is 20.8. The Morgan fingerprint density at radius 3 is 2.54 bits per heavy atom. The summed E-state index contributed by atoms with van der Waals surface area (Å²) in [7, 11) is 0. The van der Waals surface area contributed by atoms with E-state index in [1.54, 1.807) is 12.3 Å². The standard InChI is InChI=1S/C27H25N9O/c1-16-9-19(5-4-7-28)10-17(2)22(16)37-24-21-23(31-18(3)36(21)11-20-6-8-30-35-20)32-25(33-24)34-27-12-26(13-27,14-27)15-29/h4-6,8-10H,11-14H2,1-3H3,(H,30,35)(H,32,33,34)/b5-4+. The van der Waals surface area contributed by atoms with E-state index in [4.69, 9.17) is 25.0 Å². The van der Waals surface area contributed by atoms with E-state index < -0.39 is 0 Å². The van der Waals surface area contributed by atoms with Crippen molar-refractivity contribution in [1.82, 2.24) is 29.7 Å². The molecule has 7 rings (SSSR count). The quantitative estimate of drug-likeness (QED) is 0.354. The van der Waals surface area contributed by atoms with Crippen molar-refractivity contribution in [3.63, 3.8) is 0 Å². The predicted molar refractivity (Wildman–Crippen MR) is 137 cm³/mol. The van der Waals surface area contributed by atoms with E-state index in [2.05, 4.69) is 21.6 Å². The summed E-state index contributed by atoms with van der Waals surface area (Å²) in [6.07, 6.45) is 7.35. The Morgan fingerprint density at radius 2 is 1.89 bits per heavy atom. The Labute approximate surface area is 213 Å². The number of hydrogen-bond donors (Lipinski definition) is 2. The SMILES string of the molecule is Cc1cc(/C=C/C#N)cc(C)c1Oc1nc(NC23CC(C#N)(C2)C3)nc2nc(C)n(Cc3ccn[nH]3)c12. The Kier molecular flexibility index (Phi) is 5.02. The number of ether oxygens (including phenoxy) is 1. The highest BCUT2D eigenvalue weighted by atomic mass is 16.5. The van der Waals surface area contributed by atoms with Crippen molar-refractivity contribution in [2.24, 2.45) is 5.41 Å². The average Bonchev–Trinajstić information content (AvgIpc) is 3.44.